The first-order valence-corrected chi connectivity index (χ1v) is 6.01. The monoisotopic (exact) mass is 259 g/mol. The van der Waals surface area contributed by atoms with E-state index in [0.29, 0.717) is 5.75 Å². The van der Waals surface area contributed by atoms with Crippen molar-refractivity contribution in [1.29, 1.82) is 0 Å². The quantitative estimate of drug-likeness (QED) is 0.904. The van der Waals surface area contributed by atoms with Crippen LogP contribution < -0.4 is 10.1 Å². The molecule has 1 amide bonds. The SMILES string of the molecule is CCc1ccc(F)c(NC(=O)Oc2ccccc2)c1. The Labute approximate surface area is 111 Å². The van der Waals surface area contributed by atoms with Gasteiger partial charge in [-0.3, -0.25) is 5.32 Å². The van der Waals surface area contributed by atoms with E-state index in [9.17, 15) is 9.18 Å². The second-order valence-electron chi connectivity index (χ2n) is 4.00. The molecular formula is C15H14FNO2. The van der Waals surface area contributed by atoms with Crippen LogP contribution in [0.5, 0.6) is 5.75 Å². The Kier molecular flexibility index (Phi) is 4.13. The molecule has 0 heterocycles. The largest absolute Gasteiger partial charge is 0.417 e. The average molecular weight is 259 g/mol. The van der Waals surface area contributed by atoms with Gasteiger partial charge in [0.1, 0.15) is 11.6 Å². The third-order valence-corrected chi connectivity index (χ3v) is 2.63. The summed E-state index contributed by atoms with van der Waals surface area (Å²) < 4.78 is 18.6. The van der Waals surface area contributed by atoms with Crippen LogP contribution in [0, 0.1) is 5.82 Å². The van der Waals surface area contributed by atoms with Gasteiger partial charge in [0.25, 0.3) is 0 Å². The first kappa shape index (κ1) is 13.1. The van der Waals surface area contributed by atoms with Crippen LogP contribution in [0.25, 0.3) is 0 Å². The number of nitrogens with one attached hydrogen (secondary N) is 1. The maximum absolute atomic E-state index is 13.5. The number of hydrogen-bond acceptors (Lipinski definition) is 2. The first-order chi connectivity index (χ1) is 9.19. The highest BCUT2D eigenvalue weighted by Crippen LogP contribution is 2.17. The Balaban J connectivity index is 2.06. The van der Waals surface area contributed by atoms with Crippen LogP contribution in [-0.4, -0.2) is 6.09 Å². The second kappa shape index (κ2) is 6.00. The van der Waals surface area contributed by atoms with E-state index in [0.717, 1.165) is 12.0 Å². The number of anilines is 1. The molecule has 0 saturated heterocycles. The van der Waals surface area contributed by atoms with Gasteiger partial charge in [0.15, 0.2) is 0 Å². The molecule has 1 N–H and O–H groups in total. The molecule has 0 aliphatic heterocycles. The van der Waals surface area contributed by atoms with E-state index in [2.05, 4.69) is 5.32 Å². The molecule has 2 rings (SSSR count). The van der Waals surface area contributed by atoms with Gasteiger partial charge in [-0.2, -0.15) is 0 Å². The molecule has 98 valence electrons. The molecule has 4 heteroatoms. The smallest absolute Gasteiger partial charge is 0.410 e. The zero-order valence-electron chi connectivity index (χ0n) is 10.5. The Hall–Kier alpha value is -2.36. The van der Waals surface area contributed by atoms with E-state index in [1.165, 1.54) is 6.07 Å². The topological polar surface area (TPSA) is 38.3 Å². The molecule has 0 aliphatic carbocycles. The van der Waals surface area contributed by atoms with Crippen molar-refractivity contribution in [1.82, 2.24) is 0 Å². The number of halogens is 1. The molecule has 3 nitrogen and oxygen atoms in total. The van der Waals surface area contributed by atoms with Crippen molar-refractivity contribution >= 4 is 11.8 Å². The van der Waals surface area contributed by atoms with Crippen molar-refractivity contribution in [2.75, 3.05) is 5.32 Å². The fourth-order valence-electron chi connectivity index (χ4n) is 1.62. The van der Waals surface area contributed by atoms with Crippen molar-refractivity contribution in [2.45, 2.75) is 13.3 Å². The Morgan fingerprint density at radius 3 is 2.63 bits per heavy atom. The molecule has 2 aromatic carbocycles. The number of amides is 1. The van der Waals surface area contributed by atoms with Gasteiger partial charge in [0, 0.05) is 0 Å². The molecule has 0 fully saturated rings. The van der Waals surface area contributed by atoms with Gasteiger partial charge in [-0.05, 0) is 36.2 Å². The fraction of sp³-hybridized carbons (Fsp3) is 0.133. The number of benzene rings is 2. The summed E-state index contributed by atoms with van der Waals surface area (Å²) in [6, 6.07) is 13.2. The summed E-state index contributed by atoms with van der Waals surface area (Å²) in [7, 11) is 0. The lowest BCUT2D eigenvalue weighted by Gasteiger charge is -2.08. The van der Waals surface area contributed by atoms with Crippen LogP contribution >= 0.6 is 0 Å². The van der Waals surface area contributed by atoms with E-state index >= 15 is 0 Å². The maximum atomic E-state index is 13.5. The minimum Gasteiger partial charge on any atom is -0.410 e. The average Bonchev–Trinajstić information content (AvgIpc) is 2.42. The minimum atomic E-state index is -0.710. The molecular weight excluding hydrogens is 245 g/mol. The van der Waals surface area contributed by atoms with Gasteiger partial charge in [-0.15, -0.1) is 0 Å². The van der Waals surface area contributed by atoms with Crippen LogP contribution in [0.2, 0.25) is 0 Å². The van der Waals surface area contributed by atoms with Gasteiger partial charge in [0.2, 0.25) is 0 Å². The predicted octanol–water partition coefficient (Wildman–Crippen LogP) is 4.00. The predicted molar refractivity (Wildman–Crippen MR) is 71.9 cm³/mol. The Bertz CT molecular complexity index is 570. The number of para-hydroxylation sites is 1. The summed E-state index contributed by atoms with van der Waals surface area (Å²) in [5.41, 5.74) is 1.07. The summed E-state index contributed by atoms with van der Waals surface area (Å²) in [5, 5.41) is 2.40. The molecule has 0 saturated carbocycles. The molecule has 0 radical (unpaired) electrons. The summed E-state index contributed by atoms with van der Waals surface area (Å²) in [6.07, 6.45) is 0.0567. The van der Waals surface area contributed by atoms with Gasteiger partial charge in [0.05, 0.1) is 5.69 Å². The maximum Gasteiger partial charge on any atom is 0.417 e. The summed E-state index contributed by atoms with van der Waals surface area (Å²) in [6.45, 7) is 1.96. The lowest BCUT2D eigenvalue weighted by Crippen LogP contribution is -2.17. The minimum absolute atomic E-state index is 0.125. The fourth-order valence-corrected chi connectivity index (χ4v) is 1.62. The third-order valence-electron chi connectivity index (χ3n) is 2.63. The van der Waals surface area contributed by atoms with Crippen molar-refractivity contribution in [2.24, 2.45) is 0 Å². The number of carbonyl (C=O) groups excluding carboxylic acids is 1. The zero-order valence-corrected chi connectivity index (χ0v) is 10.5. The highest BCUT2D eigenvalue weighted by molar-refractivity contribution is 5.86. The molecule has 19 heavy (non-hydrogen) atoms. The Morgan fingerprint density at radius 2 is 1.95 bits per heavy atom. The van der Waals surface area contributed by atoms with Crippen molar-refractivity contribution < 1.29 is 13.9 Å². The molecule has 0 aliphatic rings. The van der Waals surface area contributed by atoms with Gasteiger partial charge >= 0.3 is 6.09 Å². The molecule has 0 aromatic heterocycles. The lowest BCUT2D eigenvalue weighted by atomic mass is 10.1. The van der Waals surface area contributed by atoms with Crippen LogP contribution in [0.15, 0.2) is 48.5 Å². The van der Waals surface area contributed by atoms with Gasteiger partial charge < -0.3 is 4.74 Å². The van der Waals surface area contributed by atoms with Crippen molar-refractivity contribution in [3.05, 3.63) is 59.9 Å². The number of aryl methyl sites for hydroxylation is 1. The summed E-state index contributed by atoms with van der Waals surface area (Å²) in [5.74, 6) is -0.0748. The molecule has 0 unspecified atom stereocenters. The van der Waals surface area contributed by atoms with E-state index in [1.807, 2.05) is 13.0 Å². The standard InChI is InChI=1S/C15H14FNO2/c1-2-11-8-9-13(16)14(10-11)17-15(18)19-12-6-4-3-5-7-12/h3-10H,2H2,1H3,(H,17,18). The molecule has 0 atom stereocenters. The second-order valence-corrected chi connectivity index (χ2v) is 4.00. The van der Waals surface area contributed by atoms with Gasteiger partial charge in [-0.1, -0.05) is 31.2 Å². The van der Waals surface area contributed by atoms with Crippen LogP contribution in [0.3, 0.4) is 0 Å². The number of rotatable bonds is 3. The van der Waals surface area contributed by atoms with E-state index in [1.54, 1.807) is 36.4 Å². The number of carbonyl (C=O) groups is 1. The highest BCUT2D eigenvalue weighted by Gasteiger charge is 2.09. The third kappa shape index (κ3) is 3.55. The zero-order chi connectivity index (χ0) is 13.7. The number of hydrogen-bond donors (Lipinski definition) is 1. The van der Waals surface area contributed by atoms with E-state index in [4.69, 9.17) is 4.74 Å². The molecule has 2 aromatic rings. The van der Waals surface area contributed by atoms with Crippen LogP contribution in [0.1, 0.15) is 12.5 Å². The summed E-state index contributed by atoms with van der Waals surface area (Å²) in [4.78, 5) is 11.6. The van der Waals surface area contributed by atoms with Gasteiger partial charge in [-0.25, -0.2) is 9.18 Å². The molecule has 0 spiro atoms. The number of ether oxygens (including phenoxy) is 1. The van der Waals surface area contributed by atoms with Crippen molar-refractivity contribution in [3.63, 3.8) is 0 Å². The normalized spacial score (nSPS) is 10.0. The molecule has 0 bridgehead atoms. The first-order valence-electron chi connectivity index (χ1n) is 6.01. The van der Waals surface area contributed by atoms with E-state index in [-0.39, 0.29) is 5.69 Å². The highest BCUT2D eigenvalue weighted by atomic mass is 19.1. The Morgan fingerprint density at radius 1 is 1.21 bits per heavy atom. The van der Waals surface area contributed by atoms with Crippen LogP contribution in [0.4, 0.5) is 14.9 Å². The lowest BCUT2D eigenvalue weighted by molar-refractivity contribution is 0.215. The van der Waals surface area contributed by atoms with E-state index < -0.39 is 11.9 Å². The van der Waals surface area contributed by atoms with Crippen LogP contribution in [-0.2, 0) is 6.42 Å². The van der Waals surface area contributed by atoms with Crippen molar-refractivity contribution in [3.8, 4) is 5.75 Å². The summed E-state index contributed by atoms with van der Waals surface area (Å²) >= 11 is 0.